The average molecular weight is 322 g/mol. The second-order valence-corrected chi connectivity index (χ2v) is 7.68. The third-order valence-electron chi connectivity index (χ3n) is 3.11. The van der Waals surface area contributed by atoms with E-state index in [2.05, 4.69) is 27.7 Å². The molecule has 0 radical (unpaired) electrons. The van der Waals surface area contributed by atoms with Crippen LogP contribution in [-0.4, -0.2) is 18.4 Å². The molecule has 0 aliphatic rings. The van der Waals surface area contributed by atoms with Gasteiger partial charge in [0.2, 0.25) is 0 Å². The lowest BCUT2D eigenvalue weighted by Gasteiger charge is -2.23. The van der Waals surface area contributed by atoms with Crippen molar-refractivity contribution in [2.45, 2.75) is 72.3 Å². The summed E-state index contributed by atoms with van der Waals surface area (Å²) >= 11 is 0. The van der Waals surface area contributed by atoms with Gasteiger partial charge in [0.1, 0.15) is 17.1 Å². The highest BCUT2D eigenvalue weighted by Gasteiger charge is 2.22. The number of hydrogen-bond donors (Lipinski definition) is 0. The fraction of sp³-hybridized carbons (Fsp3) is 0.632. The first-order valence-electron chi connectivity index (χ1n) is 8.21. The Morgan fingerprint density at radius 3 is 2.26 bits per heavy atom. The van der Waals surface area contributed by atoms with Crippen molar-refractivity contribution < 1.29 is 19.0 Å². The SMILES string of the molecule is CCCCOc1cc(OC(=O)OC(C)(C)C)ccc1C(C)(C)C. The number of benzene rings is 1. The Balaban J connectivity index is 2.94. The van der Waals surface area contributed by atoms with Crippen LogP contribution in [0.1, 0.15) is 66.9 Å². The van der Waals surface area contributed by atoms with Crippen LogP contribution >= 0.6 is 0 Å². The van der Waals surface area contributed by atoms with Gasteiger partial charge in [-0.3, -0.25) is 0 Å². The summed E-state index contributed by atoms with van der Waals surface area (Å²) in [6.07, 6.45) is 1.35. The van der Waals surface area contributed by atoms with E-state index in [4.69, 9.17) is 14.2 Å². The molecule has 0 aliphatic carbocycles. The van der Waals surface area contributed by atoms with E-state index in [1.807, 2.05) is 6.07 Å². The van der Waals surface area contributed by atoms with Crippen LogP contribution in [0.25, 0.3) is 0 Å². The third kappa shape index (κ3) is 6.93. The van der Waals surface area contributed by atoms with Crippen LogP contribution in [0.15, 0.2) is 18.2 Å². The lowest BCUT2D eigenvalue weighted by molar-refractivity contribution is 0.0206. The second-order valence-electron chi connectivity index (χ2n) is 7.68. The molecular weight excluding hydrogens is 292 g/mol. The molecule has 0 N–H and O–H groups in total. The van der Waals surface area contributed by atoms with E-state index in [-0.39, 0.29) is 5.41 Å². The summed E-state index contributed by atoms with van der Waals surface area (Å²) in [6, 6.07) is 5.48. The van der Waals surface area contributed by atoms with Crippen LogP contribution in [-0.2, 0) is 10.2 Å². The van der Waals surface area contributed by atoms with E-state index >= 15 is 0 Å². The molecule has 23 heavy (non-hydrogen) atoms. The van der Waals surface area contributed by atoms with Crippen molar-refractivity contribution in [3.8, 4) is 11.5 Å². The Morgan fingerprint density at radius 1 is 1.09 bits per heavy atom. The number of hydrogen-bond acceptors (Lipinski definition) is 4. The number of carbonyl (C=O) groups excluding carboxylic acids is 1. The van der Waals surface area contributed by atoms with Gasteiger partial charge < -0.3 is 14.2 Å². The average Bonchev–Trinajstić information content (AvgIpc) is 2.35. The van der Waals surface area contributed by atoms with Crippen LogP contribution < -0.4 is 9.47 Å². The van der Waals surface area contributed by atoms with Gasteiger partial charge in [-0.05, 0) is 44.2 Å². The van der Waals surface area contributed by atoms with Gasteiger partial charge in [0.05, 0.1) is 6.61 Å². The summed E-state index contributed by atoms with van der Waals surface area (Å²) < 4.78 is 16.3. The molecule has 4 nitrogen and oxygen atoms in total. The van der Waals surface area contributed by atoms with Crippen LogP contribution in [0, 0.1) is 0 Å². The minimum Gasteiger partial charge on any atom is -0.493 e. The van der Waals surface area contributed by atoms with Crippen molar-refractivity contribution in [2.75, 3.05) is 6.61 Å². The zero-order valence-corrected chi connectivity index (χ0v) is 15.5. The Morgan fingerprint density at radius 2 is 1.74 bits per heavy atom. The lowest BCUT2D eigenvalue weighted by Crippen LogP contribution is -2.26. The maximum atomic E-state index is 11.8. The van der Waals surface area contributed by atoms with E-state index in [1.165, 1.54) is 0 Å². The van der Waals surface area contributed by atoms with E-state index < -0.39 is 11.8 Å². The molecule has 0 aliphatic heterocycles. The van der Waals surface area contributed by atoms with E-state index in [0.29, 0.717) is 12.4 Å². The Labute approximate surface area is 140 Å². The maximum Gasteiger partial charge on any atom is 0.514 e. The smallest absolute Gasteiger partial charge is 0.493 e. The van der Waals surface area contributed by atoms with Crippen LogP contribution in [0.4, 0.5) is 4.79 Å². The minimum atomic E-state index is -0.708. The fourth-order valence-corrected chi connectivity index (χ4v) is 2.00. The van der Waals surface area contributed by atoms with Crippen molar-refractivity contribution in [2.24, 2.45) is 0 Å². The van der Waals surface area contributed by atoms with E-state index in [0.717, 1.165) is 24.2 Å². The van der Waals surface area contributed by atoms with Crippen LogP contribution in [0.2, 0.25) is 0 Å². The molecule has 1 rings (SSSR count). The zero-order chi connectivity index (χ0) is 17.7. The molecular formula is C19H30O4. The van der Waals surface area contributed by atoms with Gasteiger partial charge in [-0.15, -0.1) is 0 Å². The summed E-state index contributed by atoms with van der Waals surface area (Å²) in [6.45, 7) is 14.6. The van der Waals surface area contributed by atoms with Crippen molar-refractivity contribution >= 4 is 6.16 Å². The van der Waals surface area contributed by atoms with Gasteiger partial charge in [-0.25, -0.2) is 4.79 Å². The monoisotopic (exact) mass is 322 g/mol. The van der Waals surface area contributed by atoms with Gasteiger partial charge >= 0.3 is 6.16 Å². The summed E-state index contributed by atoms with van der Waals surface area (Å²) in [5.74, 6) is 1.19. The van der Waals surface area contributed by atoms with Crippen molar-refractivity contribution in [3.63, 3.8) is 0 Å². The molecule has 0 saturated heterocycles. The van der Waals surface area contributed by atoms with E-state index in [9.17, 15) is 4.79 Å². The molecule has 0 saturated carbocycles. The largest absolute Gasteiger partial charge is 0.514 e. The van der Waals surface area contributed by atoms with E-state index in [1.54, 1.807) is 32.9 Å². The highest BCUT2D eigenvalue weighted by atomic mass is 16.7. The molecule has 0 spiro atoms. The van der Waals surface area contributed by atoms with Crippen LogP contribution in [0.5, 0.6) is 11.5 Å². The first-order valence-corrected chi connectivity index (χ1v) is 8.21. The molecule has 0 heterocycles. The number of unbranched alkanes of at least 4 members (excludes halogenated alkanes) is 1. The Kier molecular flexibility index (Phi) is 6.48. The molecule has 1 aromatic rings. The summed E-state index contributed by atoms with van der Waals surface area (Å²) in [7, 11) is 0. The molecule has 0 unspecified atom stereocenters. The third-order valence-corrected chi connectivity index (χ3v) is 3.11. The molecule has 0 bridgehead atoms. The van der Waals surface area contributed by atoms with Crippen LogP contribution in [0.3, 0.4) is 0 Å². The van der Waals surface area contributed by atoms with Gasteiger partial charge in [0.25, 0.3) is 0 Å². The lowest BCUT2D eigenvalue weighted by atomic mass is 9.86. The van der Waals surface area contributed by atoms with Gasteiger partial charge in [0, 0.05) is 6.07 Å². The molecule has 0 atom stereocenters. The Hall–Kier alpha value is -1.71. The predicted molar refractivity (Wildman–Crippen MR) is 92.4 cm³/mol. The normalized spacial score (nSPS) is 12.0. The number of rotatable bonds is 5. The maximum absolute atomic E-state index is 11.8. The Bertz CT molecular complexity index is 521. The predicted octanol–water partition coefficient (Wildman–Crippen LogP) is 5.48. The summed E-state index contributed by atoms with van der Waals surface area (Å²) in [5.41, 5.74) is 0.458. The molecule has 0 fully saturated rings. The number of ether oxygens (including phenoxy) is 3. The molecule has 130 valence electrons. The molecule has 1 aromatic carbocycles. The highest BCUT2D eigenvalue weighted by molar-refractivity contribution is 5.65. The number of carbonyl (C=O) groups is 1. The van der Waals surface area contributed by atoms with Crippen molar-refractivity contribution in [1.29, 1.82) is 0 Å². The molecule has 0 amide bonds. The van der Waals surface area contributed by atoms with Crippen molar-refractivity contribution in [3.05, 3.63) is 23.8 Å². The topological polar surface area (TPSA) is 44.8 Å². The standard InChI is InChI=1S/C19H30O4/c1-8-9-12-21-16-13-14(10-11-15(16)18(2,3)4)22-17(20)23-19(5,6)7/h10-11,13H,8-9,12H2,1-7H3. The van der Waals surface area contributed by atoms with Crippen molar-refractivity contribution in [1.82, 2.24) is 0 Å². The first-order chi connectivity index (χ1) is 10.5. The molecule has 0 aromatic heterocycles. The quantitative estimate of drug-likeness (QED) is 0.409. The first kappa shape index (κ1) is 19.3. The summed E-state index contributed by atoms with van der Waals surface area (Å²) in [5, 5.41) is 0. The zero-order valence-electron chi connectivity index (χ0n) is 15.5. The summed E-state index contributed by atoms with van der Waals surface area (Å²) in [4.78, 5) is 11.8. The van der Waals surface area contributed by atoms with Gasteiger partial charge in [-0.2, -0.15) is 0 Å². The van der Waals surface area contributed by atoms with Gasteiger partial charge in [0.15, 0.2) is 0 Å². The minimum absolute atomic E-state index is 0.0496. The second kappa shape index (κ2) is 7.71. The molecule has 4 heteroatoms. The highest BCUT2D eigenvalue weighted by Crippen LogP contribution is 2.34. The van der Waals surface area contributed by atoms with Gasteiger partial charge in [-0.1, -0.05) is 40.2 Å². The fourth-order valence-electron chi connectivity index (χ4n) is 2.00.